The van der Waals surface area contributed by atoms with Crippen molar-refractivity contribution >= 4 is 0 Å². The molecule has 4 heteroatoms. The largest absolute Gasteiger partial charge is 0.497 e. The Balaban J connectivity index is 1.84. The van der Waals surface area contributed by atoms with E-state index < -0.39 is 0 Å². The first kappa shape index (κ1) is 12.6. The van der Waals surface area contributed by atoms with Gasteiger partial charge in [0, 0.05) is 13.0 Å². The van der Waals surface area contributed by atoms with E-state index in [4.69, 9.17) is 9.15 Å². The molecule has 96 valence electrons. The third kappa shape index (κ3) is 3.34. The van der Waals surface area contributed by atoms with Crippen LogP contribution in [0.4, 0.5) is 0 Å². The summed E-state index contributed by atoms with van der Waals surface area (Å²) >= 11 is 0. The Morgan fingerprint density at radius 3 is 2.94 bits per heavy atom. The van der Waals surface area contributed by atoms with Gasteiger partial charge in [-0.25, -0.2) is 4.98 Å². The second-order valence-corrected chi connectivity index (χ2v) is 4.03. The first-order valence-corrected chi connectivity index (χ1v) is 6.09. The van der Waals surface area contributed by atoms with Crippen LogP contribution in [-0.4, -0.2) is 12.1 Å². The van der Waals surface area contributed by atoms with Crippen molar-refractivity contribution in [3.63, 3.8) is 0 Å². The molecular formula is C14H18N2O2. The normalized spacial score (nSPS) is 10.6. The summed E-state index contributed by atoms with van der Waals surface area (Å²) in [5, 5.41) is 3.29. The van der Waals surface area contributed by atoms with Crippen LogP contribution in [0.5, 0.6) is 5.75 Å². The van der Waals surface area contributed by atoms with Crippen LogP contribution in [-0.2, 0) is 19.5 Å². The molecule has 0 aliphatic carbocycles. The number of rotatable bonds is 6. The number of aryl methyl sites for hydroxylation is 1. The third-order valence-electron chi connectivity index (χ3n) is 2.69. The zero-order chi connectivity index (χ0) is 12.8. The van der Waals surface area contributed by atoms with E-state index in [1.807, 2.05) is 25.1 Å². The highest BCUT2D eigenvalue weighted by Gasteiger charge is 2.02. The number of hydrogen-bond donors (Lipinski definition) is 1. The quantitative estimate of drug-likeness (QED) is 0.851. The van der Waals surface area contributed by atoms with Crippen molar-refractivity contribution in [1.29, 1.82) is 0 Å². The van der Waals surface area contributed by atoms with Gasteiger partial charge in [-0.1, -0.05) is 19.1 Å². The number of hydrogen-bond acceptors (Lipinski definition) is 4. The van der Waals surface area contributed by atoms with Crippen LogP contribution in [0.15, 0.2) is 34.9 Å². The van der Waals surface area contributed by atoms with Crippen molar-refractivity contribution in [2.75, 3.05) is 7.11 Å². The zero-order valence-corrected chi connectivity index (χ0v) is 10.8. The Hall–Kier alpha value is -1.81. The molecule has 0 atom stereocenters. The van der Waals surface area contributed by atoms with Crippen LogP contribution in [0.25, 0.3) is 0 Å². The minimum Gasteiger partial charge on any atom is -0.497 e. The van der Waals surface area contributed by atoms with Gasteiger partial charge >= 0.3 is 0 Å². The van der Waals surface area contributed by atoms with E-state index in [0.29, 0.717) is 6.54 Å². The lowest BCUT2D eigenvalue weighted by Crippen LogP contribution is -2.12. The number of aromatic nitrogens is 1. The number of nitrogens with zero attached hydrogens (tertiary/aromatic N) is 1. The molecule has 1 N–H and O–H groups in total. The Morgan fingerprint density at radius 1 is 1.33 bits per heavy atom. The molecule has 0 aliphatic heterocycles. The molecule has 1 aromatic carbocycles. The van der Waals surface area contributed by atoms with E-state index in [-0.39, 0.29) is 0 Å². The molecule has 0 saturated carbocycles. The molecule has 0 amide bonds. The SMILES string of the molecule is CCc1cnc(CNCc2cccc(OC)c2)o1. The van der Waals surface area contributed by atoms with Gasteiger partial charge in [0.15, 0.2) is 0 Å². The van der Waals surface area contributed by atoms with E-state index in [1.165, 1.54) is 5.56 Å². The summed E-state index contributed by atoms with van der Waals surface area (Å²) < 4.78 is 10.7. The molecule has 0 saturated heterocycles. The van der Waals surface area contributed by atoms with Gasteiger partial charge in [0.2, 0.25) is 5.89 Å². The van der Waals surface area contributed by atoms with Gasteiger partial charge < -0.3 is 14.5 Å². The van der Waals surface area contributed by atoms with Gasteiger partial charge in [-0.2, -0.15) is 0 Å². The molecule has 0 radical (unpaired) electrons. The number of benzene rings is 1. The first-order valence-electron chi connectivity index (χ1n) is 6.09. The molecule has 2 aromatic rings. The van der Waals surface area contributed by atoms with Crippen molar-refractivity contribution in [2.45, 2.75) is 26.4 Å². The Kier molecular flexibility index (Phi) is 4.36. The fourth-order valence-corrected chi connectivity index (χ4v) is 1.69. The molecule has 2 rings (SSSR count). The monoisotopic (exact) mass is 246 g/mol. The highest BCUT2D eigenvalue weighted by molar-refractivity contribution is 5.28. The van der Waals surface area contributed by atoms with Gasteiger partial charge in [-0.3, -0.25) is 0 Å². The second kappa shape index (κ2) is 6.21. The maximum Gasteiger partial charge on any atom is 0.208 e. The number of methoxy groups -OCH3 is 1. The molecule has 18 heavy (non-hydrogen) atoms. The van der Waals surface area contributed by atoms with Crippen LogP contribution in [0.2, 0.25) is 0 Å². The van der Waals surface area contributed by atoms with E-state index in [9.17, 15) is 0 Å². The Labute approximate surface area is 107 Å². The summed E-state index contributed by atoms with van der Waals surface area (Å²) in [6, 6.07) is 7.99. The van der Waals surface area contributed by atoms with Crippen LogP contribution in [0.1, 0.15) is 24.1 Å². The molecule has 0 fully saturated rings. The minimum atomic E-state index is 0.636. The second-order valence-electron chi connectivity index (χ2n) is 4.03. The fourth-order valence-electron chi connectivity index (χ4n) is 1.69. The van der Waals surface area contributed by atoms with Gasteiger partial charge in [0.05, 0.1) is 19.9 Å². The summed E-state index contributed by atoms with van der Waals surface area (Å²) in [6.45, 7) is 3.45. The molecule has 0 unspecified atom stereocenters. The third-order valence-corrected chi connectivity index (χ3v) is 2.69. The lowest BCUT2D eigenvalue weighted by molar-refractivity contribution is 0.413. The van der Waals surface area contributed by atoms with Crippen LogP contribution in [0, 0.1) is 0 Å². The van der Waals surface area contributed by atoms with Gasteiger partial charge in [0.1, 0.15) is 11.5 Å². The van der Waals surface area contributed by atoms with E-state index in [2.05, 4.69) is 16.4 Å². The predicted octanol–water partition coefficient (Wildman–Crippen LogP) is 2.54. The Morgan fingerprint density at radius 2 is 2.22 bits per heavy atom. The number of oxazole rings is 1. The van der Waals surface area contributed by atoms with Crippen LogP contribution < -0.4 is 10.1 Å². The molecule has 0 bridgehead atoms. The van der Waals surface area contributed by atoms with Gasteiger partial charge in [0.25, 0.3) is 0 Å². The molecule has 1 aromatic heterocycles. The summed E-state index contributed by atoms with van der Waals surface area (Å²) in [7, 11) is 1.67. The molecule has 1 heterocycles. The average molecular weight is 246 g/mol. The maximum absolute atomic E-state index is 5.52. The van der Waals surface area contributed by atoms with Crippen molar-refractivity contribution in [3.05, 3.63) is 47.7 Å². The lowest BCUT2D eigenvalue weighted by atomic mass is 10.2. The molecule has 0 spiro atoms. The number of ether oxygens (including phenoxy) is 1. The van der Waals surface area contributed by atoms with Gasteiger partial charge in [-0.05, 0) is 17.7 Å². The Bertz CT molecular complexity index is 494. The molecule has 4 nitrogen and oxygen atoms in total. The zero-order valence-electron chi connectivity index (χ0n) is 10.8. The lowest BCUT2D eigenvalue weighted by Gasteiger charge is -2.05. The number of nitrogens with one attached hydrogen (secondary N) is 1. The minimum absolute atomic E-state index is 0.636. The van der Waals surface area contributed by atoms with Crippen molar-refractivity contribution < 1.29 is 9.15 Å². The summed E-state index contributed by atoms with van der Waals surface area (Å²) in [5.74, 6) is 2.53. The smallest absolute Gasteiger partial charge is 0.208 e. The fraction of sp³-hybridized carbons (Fsp3) is 0.357. The standard InChI is InChI=1S/C14H18N2O2/c1-3-12-9-16-14(18-12)10-15-8-11-5-4-6-13(7-11)17-2/h4-7,9,15H,3,8,10H2,1-2H3. The van der Waals surface area contributed by atoms with E-state index >= 15 is 0 Å². The summed E-state index contributed by atoms with van der Waals surface area (Å²) in [5.41, 5.74) is 1.18. The average Bonchev–Trinajstić information content (AvgIpc) is 2.87. The summed E-state index contributed by atoms with van der Waals surface area (Å²) in [4.78, 5) is 4.20. The van der Waals surface area contributed by atoms with E-state index in [1.54, 1.807) is 13.3 Å². The molecule has 0 aliphatic rings. The maximum atomic E-state index is 5.52. The van der Waals surface area contributed by atoms with Crippen LogP contribution in [0.3, 0.4) is 0 Å². The topological polar surface area (TPSA) is 47.3 Å². The van der Waals surface area contributed by atoms with Crippen molar-refractivity contribution in [2.24, 2.45) is 0 Å². The summed E-state index contributed by atoms with van der Waals surface area (Å²) in [6.07, 6.45) is 2.66. The van der Waals surface area contributed by atoms with Crippen molar-refractivity contribution in [3.8, 4) is 5.75 Å². The predicted molar refractivity (Wildman–Crippen MR) is 69.4 cm³/mol. The van der Waals surface area contributed by atoms with Gasteiger partial charge in [-0.15, -0.1) is 0 Å². The molecular weight excluding hydrogens is 228 g/mol. The first-order chi connectivity index (χ1) is 8.81. The highest BCUT2D eigenvalue weighted by Crippen LogP contribution is 2.12. The van der Waals surface area contributed by atoms with Crippen LogP contribution >= 0.6 is 0 Å². The van der Waals surface area contributed by atoms with Crippen molar-refractivity contribution in [1.82, 2.24) is 10.3 Å². The van der Waals surface area contributed by atoms with E-state index in [0.717, 1.165) is 30.4 Å². The highest BCUT2D eigenvalue weighted by atomic mass is 16.5.